The number of anilines is 2. The molecule has 4 rings (SSSR count). The van der Waals surface area contributed by atoms with Gasteiger partial charge in [0, 0.05) is 56.2 Å². The minimum absolute atomic E-state index is 0.0173. The molecule has 30 heavy (non-hydrogen) atoms. The van der Waals surface area contributed by atoms with Crippen molar-refractivity contribution in [3.63, 3.8) is 0 Å². The van der Waals surface area contributed by atoms with Crippen LogP contribution >= 0.6 is 0 Å². The minimum atomic E-state index is -0.130. The first-order chi connectivity index (χ1) is 14.6. The fraction of sp³-hybridized carbons (Fsp3) is 0.391. The molecule has 7 heteroatoms. The molecule has 1 atom stereocenters. The van der Waals surface area contributed by atoms with Crippen molar-refractivity contribution < 1.29 is 14.3 Å². The molecule has 158 valence electrons. The van der Waals surface area contributed by atoms with E-state index in [0.717, 1.165) is 31.1 Å². The third kappa shape index (κ3) is 4.74. The van der Waals surface area contributed by atoms with E-state index >= 15 is 0 Å². The Morgan fingerprint density at radius 2 is 1.57 bits per heavy atom. The number of urea groups is 1. The third-order valence-corrected chi connectivity index (χ3v) is 5.60. The van der Waals surface area contributed by atoms with E-state index in [-0.39, 0.29) is 18.0 Å². The number of rotatable bonds is 3. The predicted molar refractivity (Wildman–Crippen MR) is 117 cm³/mol. The standard InChI is InChI=1S/C23H28N4O3/c1-18-17-27(15-16-30-18)21-9-7-20(8-10-21)24-23(29)26-13-11-25(12-14-26)22(28)19-5-3-2-4-6-19/h2-10,18H,11-17H2,1H3,(H,24,29). The number of carbonyl (C=O) groups excluding carboxylic acids is 2. The van der Waals surface area contributed by atoms with Gasteiger partial charge in [-0.1, -0.05) is 18.2 Å². The highest BCUT2D eigenvalue weighted by Crippen LogP contribution is 2.21. The van der Waals surface area contributed by atoms with Gasteiger partial charge in [0.05, 0.1) is 12.7 Å². The Labute approximate surface area is 177 Å². The average Bonchev–Trinajstić information content (AvgIpc) is 2.80. The molecule has 0 saturated carbocycles. The van der Waals surface area contributed by atoms with Gasteiger partial charge in [0.15, 0.2) is 0 Å². The molecule has 2 heterocycles. The van der Waals surface area contributed by atoms with Gasteiger partial charge < -0.3 is 24.8 Å². The van der Waals surface area contributed by atoms with Crippen molar-refractivity contribution in [3.8, 4) is 0 Å². The van der Waals surface area contributed by atoms with Gasteiger partial charge >= 0.3 is 6.03 Å². The van der Waals surface area contributed by atoms with Gasteiger partial charge in [-0.25, -0.2) is 4.79 Å². The second kappa shape index (κ2) is 9.17. The summed E-state index contributed by atoms with van der Waals surface area (Å²) in [4.78, 5) is 31.0. The van der Waals surface area contributed by atoms with Crippen molar-refractivity contribution >= 4 is 23.3 Å². The molecule has 0 radical (unpaired) electrons. The van der Waals surface area contributed by atoms with E-state index in [2.05, 4.69) is 17.1 Å². The maximum Gasteiger partial charge on any atom is 0.321 e. The highest BCUT2D eigenvalue weighted by Gasteiger charge is 2.25. The number of benzene rings is 2. The summed E-state index contributed by atoms with van der Waals surface area (Å²) in [6, 6.07) is 17.1. The zero-order chi connectivity index (χ0) is 20.9. The van der Waals surface area contributed by atoms with E-state index in [1.54, 1.807) is 9.80 Å². The Morgan fingerprint density at radius 3 is 2.23 bits per heavy atom. The van der Waals surface area contributed by atoms with E-state index in [9.17, 15) is 9.59 Å². The fourth-order valence-corrected chi connectivity index (χ4v) is 3.89. The number of hydrogen-bond acceptors (Lipinski definition) is 4. The smallest absolute Gasteiger partial charge is 0.321 e. The zero-order valence-electron chi connectivity index (χ0n) is 17.3. The fourth-order valence-electron chi connectivity index (χ4n) is 3.89. The van der Waals surface area contributed by atoms with Crippen LogP contribution in [0.4, 0.5) is 16.2 Å². The van der Waals surface area contributed by atoms with Crippen LogP contribution in [0.5, 0.6) is 0 Å². The highest BCUT2D eigenvalue weighted by atomic mass is 16.5. The lowest BCUT2D eigenvalue weighted by molar-refractivity contribution is 0.0532. The largest absolute Gasteiger partial charge is 0.375 e. The average molecular weight is 409 g/mol. The van der Waals surface area contributed by atoms with Crippen molar-refractivity contribution in [2.75, 3.05) is 56.1 Å². The lowest BCUT2D eigenvalue weighted by Gasteiger charge is -2.35. The van der Waals surface area contributed by atoms with Gasteiger partial charge in [0.1, 0.15) is 0 Å². The highest BCUT2D eigenvalue weighted by molar-refractivity contribution is 5.94. The van der Waals surface area contributed by atoms with Crippen LogP contribution in [0.15, 0.2) is 54.6 Å². The van der Waals surface area contributed by atoms with Gasteiger partial charge in [-0.05, 0) is 43.3 Å². The Bertz CT molecular complexity index is 864. The summed E-state index contributed by atoms with van der Waals surface area (Å²) >= 11 is 0. The minimum Gasteiger partial charge on any atom is -0.375 e. The quantitative estimate of drug-likeness (QED) is 0.848. The Kier molecular flexibility index (Phi) is 6.18. The van der Waals surface area contributed by atoms with E-state index in [1.165, 1.54) is 0 Å². The lowest BCUT2D eigenvalue weighted by atomic mass is 10.2. The molecule has 7 nitrogen and oxygen atoms in total. The molecule has 2 fully saturated rings. The van der Waals surface area contributed by atoms with Crippen LogP contribution in [0, 0.1) is 0 Å². The molecule has 2 aromatic rings. The van der Waals surface area contributed by atoms with Crippen molar-refractivity contribution in [2.45, 2.75) is 13.0 Å². The number of ether oxygens (including phenoxy) is 1. The number of nitrogens with zero attached hydrogens (tertiary/aromatic N) is 3. The normalized spacial score (nSPS) is 19.5. The number of amides is 3. The first-order valence-electron chi connectivity index (χ1n) is 10.5. The van der Waals surface area contributed by atoms with Crippen molar-refractivity contribution in [3.05, 3.63) is 60.2 Å². The molecule has 0 aliphatic carbocycles. The van der Waals surface area contributed by atoms with Crippen LogP contribution in [-0.2, 0) is 4.74 Å². The van der Waals surface area contributed by atoms with Crippen LogP contribution in [0.25, 0.3) is 0 Å². The van der Waals surface area contributed by atoms with Crippen LogP contribution in [-0.4, -0.2) is 73.7 Å². The maximum atomic E-state index is 12.6. The number of piperazine rings is 1. The summed E-state index contributed by atoms with van der Waals surface area (Å²) in [5, 5.41) is 2.97. The van der Waals surface area contributed by atoms with E-state index in [1.807, 2.05) is 54.6 Å². The van der Waals surface area contributed by atoms with E-state index < -0.39 is 0 Å². The van der Waals surface area contributed by atoms with Crippen LogP contribution in [0.1, 0.15) is 17.3 Å². The zero-order valence-corrected chi connectivity index (χ0v) is 17.3. The molecule has 2 aliphatic rings. The summed E-state index contributed by atoms with van der Waals surface area (Å²) in [6.07, 6.45) is 0.227. The van der Waals surface area contributed by atoms with Crippen LogP contribution in [0.2, 0.25) is 0 Å². The van der Waals surface area contributed by atoms with E-state index in [4.69, 9.17) is 4.74 Å². The Morgan fingerprint density at radius 1 is 0.900 bits per heavy atom. The summed E-state index contributed by atoms with van der Waals surface area (Å²) in [5.41, 5.74) is 2.59. The molecule has 2 aromatic carbocycles. The summed E-state index contributed by atoms with van der Waals surface area (Å²) < 4.78 is 5.59. The van der Waals surface area contributed by atoms with Crippen molar-refractivity contribution in [1.29, 1.82) is 0 Å². The molecule has 2 saturated heterocycles. The Balaban J connectivity index is 1.28. The number of morpholine rings is 1. The molecule has 2 aliphatic heterocycles. The van der Waals surface area contributed by atoms with Gasteiger partial charge in [0.2, 0.25) is 0 Å². The summed E-state index contributed by atoms with van der Waals surface area (Å²) in [6.45, 7) is 6.68. The van der Waals surface area contributed by atoms with Crippen molar-refractivity contribution in [1.82, 2.24) is 9.80 Å². The maximum absolute atomic E-state index is 12.6. The second-order valence-electron chi connectivity index (χ2n) is 7.75. The lowest BCUT2D eigenvalue weighted by Crippen LogP contribution is -2.51. The van der Waals surface area contributed by atoms with Gasteiger partial charge in [-0.15, -0.1) is 0 Å². The predicted octanol–water partition coefficient (Wildman–Crippen LogP) is 2.90. The number of nitrogens with one attached hydrogen (secondary N) is 1. The van der Waals surface area contributed by atoms with Crippen LogP contribution in [0.3, 0.4) is 0 Å². The molecule has 1 unspecified atom stereocenters. The summed E-state index contributed by atoms with van der Waals surface area (Å²) in [5.74, 6) is 0.0173. The number of carbonyl (C=O) groups is 2. The van der Waals surface area contributed by atoms with E-state index in [0.29, 0.717) is 31.7 Å². The Hall–Kier alpha value is -3.06. The molecule has 3 amide bonds. The first-order valence-corrected chi connectivity index (χ1v) is 10.5. The first kappa shape index (κ1) is 20.2. The monoisotopic (exact) mass is 408 g/mol. The molecular formula is C23H28N4O3. The topological polar surface area (TPSA) is 65.1 Å². The summed E-state index contributed by atoms with van der Waals surface area (Å²) in [7, 11) is 0. The van der Waals surface area contributed by atoms with Crippen molar-refractivity contribution in [2.24, 2.45) is 0 Å². The molecule has 0 bridgehead atoms. The third-order valence-electron chi connectivity index (χ3n) is 5.60. The SMILES string of the molecule is CC1CN(c2ccc(NC(=O)N3CCN(C(=O)c4ccccc4)CC3)cc2)CCO1. The molecule has 0 aromatic heterocycles. The number of hydrogen-bond donors (Lipinski definition) is 1. The molecule has 1 N–H and O–H groups in total. The van der Waals surface area contributed by atoms with Gasteiger partial charge in [-0.2, -0.15) is 0 Å². The van der Waals surface area contributed by atoms with Crippen LogP contribution < -0.4 is 10.2 Å². The molecule has 0 spiro atoms. The molecular weight excluding hydrogens is 380 g/mol. The second-order valence-corrected chi connectivity index (χ2v) is 7.75. The van der Waals surface area contributed by atoms with Gasteiger partial charge in [-0.3, -0.25) is 4.79 Å². The van der Waals surface area contributed by atoms with Gasteiger partial charge in [0.25, 0.3) is 5.91 Å².